The van der Waals surface area contributed by atoms with Crippen LogP contribution in [-0.4, -0.2) is 52.8 Å². The first kappa shape index (κ1) is 14.9. The predicted octanol–water partition coefficient (Wildman–Crippen LogP) is 1.64. The quantitative estimate of drug-likeness (QED) is 0.834. The summed E-state index contributed by atoms with van der Waals surface area (Å²) in [7, 11) is 0. The minimum absolute atomic E-state index is 0.0136. The Morgan fingerprint density at radius 1 is 1.35 bits per heavy atom. The van der Waals surface area contributed by atoms with Gasteiger partial charge in [-0.1, -0.05) is 28.1 Å². The highest BCUT2D eigenvalue weighted by Crippen LogP contribution is 2.30. The molecule has 3 unspecified atom stereocenters. The number of benzene rings is 1. The summed E-state index contributed by atoms with van der Waals surface area (Å²) in [4.78, 5) is 14.6. The molecule has 1 aromatic heterocycles. The van der Waals surface area contributed by atoms with Crippen molar-refractivity contribution in [2.75, 3.05) is 19.8 Å². The highest BCUT2D eigenvalue weighted by Gasteiger charge is 2.46. The summed E-state index contributed by atoms with van der Waals surface area (Å²) in [5.74, 6) is 0.183. The van der Waals surface area contributed by atoms with E-state index in [9.17, 15) is 4.79 Å². The fourth-order valence-corrected chi connectivity index (χ4v) is 3.64. The third-order valence-corrected chi connectivity index (χ3v) is 5.19. The van der Waals surface area contributed by atoms with Gasteiger partial charge in [0, 0.05) is 28.5 Å². The van der Waals surface area contributed by atoms with Crippen LogP contribution >= 0.6 is 15.9 Å². The number of halogens is 1. The van der Waals surface area contributed by atoms with Gasteiger partial charge in [0.05, 0.1) is 24.9 Å². The molecule has 23 heavy (non-hydrogen) atoms. The number of fused-ring (bicyclic) bond motifs is 1. The highest BCUT2D eigenvalue weighted by molar-refractivity contribution is 9.10. The van der Waals surface area contributed by atoms with E-state index < -0.39 is 0 Å². The number of nitrogens with one attached hydrogen (secondary N) is 1. The summed E-state index contributed by atoms with van der Waals surface area (Å²) in [6, 6.07) is 9.68. The molecule has 0 aliphatic carbocycles. The zero-order valence-electron chi connectivity index (χ0n) is 12.4. The summed E-state index contributed by atoms with van der Waals surface area (Å²) < 4.78 is 6.49. The Morgan fingerprint density at radius 2 is 2.13 bits per heavy atom. The standard InChI is InChI=1S/C16H17BrN4O2/c17-10-3-1-9(2-4-10)13-5-14(20-19-13)16(22)21-6-12(18)11-7-23-8-15(11)21/h1-5,11-12,15H,6-8,18H2,(H,19,20). The molecule has 2 aromatic rings. The van der Waals surface area contributed by atoms with Crippen molar-refractivity contribution >= 4 is 21.8 Å². The van der Waals surface area contributed by atoms with E-state index in [0.717, 1.165) is 15.7 Å². The van der Waals surface area contributed by atoms with E-state index >= 15 is 0 Å². The van der Waals surface area contributed by atoms with E-state index in [1.54, 1.807) is 6.07 Å². The number of nitrogens with zero attached hydrogens (tertiary/aromatic N) is 2. The molecule has 0 radical (unpaired) electrons. The van der Waals surface area contributed by atoms with Crippen LogP contribution in [0.4, 0.5) is 0 Å². The van der Waals surface area contributed by atoms with Crippen molar-refractivity contribution < 1.29 is 9.53 Å². The van der Waals surface area contributed by atoms with Crippen LogP contribution < -0.4 is 5.73 Å². The fraction of sp³-hybridized carbons (Fsp3) is 0.375. The number of H-pyrrole nitrogens is 1. The van der Waals surface area contributed by atoms with Crippen molar-refractivity contribution in [1.82, 2.24) is 15.1 Å². The van der Waals surface area contributed by atoms with Crippen LogP contribution in [0.5, 0.6) is 0 Å². The predicted molar refractivity (Wildman–Crippen MR) is 88.8 cm³/mol. The number of ether oxygens (including phenoxy) is 1. The first-order valence-electron chi connectivity index (χ1n) is 7.59. The van der Waals surface area contributed by atoms with Gasteiger partial charge in [0.1, 0.15) is 5.69 Å². The third-order valence-electron chi connectivity index (χ3n) is 4.66. The number of hydrogen-bond acceptors (Lipinski definition) is 4. The molecule has 6 nitrogen and oxygen atoms in total. The molecule has 1 amide bonds. The molecule has 4 rings (SSSR count). The van der Waals surface area contributed by atoms with Gasteiger partial charge in [0.15, 0.2) is 0 Å². The Morgan fingerprint density at radius 3 is 2.91 bits per heavy atom. The van der Waals surface area contributed by atoms with Crippen LogP contribution in [0.1, 0.15) is 10.5 Å². The van der Waals surface area contributed by atoms with Gasteiger partial charge in [-0.05, 0) is 18.2 Å². The lowest BCUT2D eigenvalue weighted by Crippen LogP contribution is -2.38. The summed E-state index contributed by atoms with van der Waals surface area (Å²) in [5, 5.41) is 7.12. The van der Waals surface area contributed by atoms with E-state index in [4.69, 9.17) is 10.5 Å². The molecule has 3 atom stereocenters. The average molecular weight is 377 g/mol. The van der Waals surface area contributed by atoms with Crippen LogP contribution in [-0.2, 0) is 4.74 Å². The maximum atomic E-state index is 12.8. The van der Waals surface area contributed by atoms with Crippen molar-refractivity contribution in [3.8, 4) is 11.3 Å². The summed E-state index contributed by atoms with van der Waals surface area (Å²) in [6.45, 7) is 1.78. The molecule has 7 heteroatoms. The monoisotopic (exact) mass is 376 g/mol. The topological polar surface area (TPSA) is 84.2 Å². The minimum atomic E-state index is -0.0608. The van der Waals surface area contributed by atoms with Crippen LogP contribution in [0.25, 0.3) is 11.3 Å². The second-order valence-corrected chi connectivity index (χ2v) is 6.98. The molecule has 2 aliphatic heterocycles. The minimum Gasteiger partial charge on any atom is -0.379 e. The smallest absolute Gasteiger partial charge is 0.272 e. The maximum Gasteiger partial charge on any atom is 0.272 e. The number of aromatic amines is 1. The number of carbonyl (C=O) groups excluding carboxylic acids is 1. The van der Waals surface area contributed by atoms with Crippen molar-refractivity contribution in [2.24, 2.45) is 11.7 Å². The van der Waals surface area contributed by atoms with Gasteiger partial charge in [-0.2, -0.15) is 5.10 Å². The van der Waals surface area contributed by atoms with Crippen molar-refractivity contribution in [1.29, 1.82) is 0 Å². The van der Waals surface area contributed by atoms with Gasteiger partial charge in [0.2, 0.25) is 0 Å². The molecule has 0 bridgehead atoms. The number of amides is 1. The van der Waals surface area contributed by atoms with E-state index in [0.29, 0.717) is 25.5 Å². The molecule has 2 saturated heterocycles. The Kier molecular flexibility index (Phi) is 3.71. The number of likely N-dealkylation sites (tertiary alicyclic amines) is 1. The Balaban J connectivity index is 1.57. The molecule has 2 fully saturated rings. The summed E-state index contributed by atoms with van der Waals surface area (Å²) >= 11 is 3.41. The van der Waals surface area contributed by atoms with Gasteiger partial charge < -0.3 is 15.4 Å². The second kappa shape index (κ2) is 5.74. The van der Waals surface area contributed by atoms with Crippen LogP contribution in [0.3, 0.4) is 0 Å². The lowest BCUT2D eigenvalue weighted by Gasteiger charge is -2.21. The van der Waals surface area contributed by atoms with Crippen LogP contribution in [0.15, 0.2) is 34.8 Å². The van der Waals surface area contributed by atoms with Crippen LogP contribution in [0, 0.1) is 5.92 Å². The van der Waals surface area contributed by atoms with Gasteiger partial charge in [0.25, 0.3) is 5.91 Å². The number of carbonyl (C=O) groups is 1. The molecule has 3 heterocycles. The SMILES string of the molecule is NC1CN(C(=O)c2cc(-c3ccc(Br)cc3)n[nH]2)C2COCC12. The molecule has 2 aliphatic rings. The zero-order valence-corrected chi connectivity index (χ0v) is 14.0. The molecule has 3 N–H and O–H groups in total. The summed E-state index contributed by atoms with van der Waals surface area (Å²) in [5.41, 5.74) is 8.34. The van der Waals surface area contributed by atoms with Gasteiger partial charge >= 0.3 is 0 Å². The Hall–Kier alpha value is -1.70. The van der Waals surface area contributed by atoms with E-state index in [-0.39, 0.29) is 23.9 Å². The molecule has 0 spiro atoms. The zero-order chi connectivity index (χ0) is 16.0. The lowest BCUT2D eigenvalue weighted by molar-refractivity contribution is 0.0687. The molecule has 120 valence electrons. The Labute approximate surface area is 142 Å². The van der Waals surface area contributed by atoms with E-state index in [1.807, 2.05) is 29.2 Å². The second-order valence-electron chi connectivity index (χ2n) is 6.06. The first-order valence-corrected chi connectivity index (χ1v) is 8.38. The van der Waals surface area contributed by atoms with Crippen molar-refractivity contribution in [2.45, 2.75) is 12.1 Å². The lowest BCUT2D eigenvalue weighted by atomic mass is 10.0. The Bertz CT molecular complexity index is 730. The summed E-state index contributed by atoms with van der Waals surface area (Å²) in [6.07, 6.45) is 0. The average Bonchev–Trinajstić information content (AvgIpc) is 3.25. The number of nitrogens with two attached hydrogens (primary N) is 1. The van der Waals surface area contributed by atoms with Crippen LogP contribution in [0.2, 0.25) is 0 Å². The number of rotatable bonds is 2. The van der Waals surface area contributed by atoms with Crippen molar-refractivity contribution in [3.63, 3.8) is 0 Å². The highest BCUT2D eigenvalue weighted by atomic mass is 79.9. The third kappa shape index (κ3) is 2.58. The first-order chi connectivity index (χ1) is 11.1. The van der Waals surface area contributed by atoms with Gasteiger partial charge in [-0.15, -0.1) is 0 Å². The van der Waals surface area contributed by atoms with E-state index in [1.165, 1.54) is 0 Å². The fourth-order valence-electron chi connectivity index (χ4n) is 3.38. The number of hydrogen-bond donors (Lipinski definition) is 2. The molecule has 0 saturated carbocycles. The largest absolute Gasteiger partial charge is 0.379 e. The molecule has 1 aromatic carbocycles. The molecular formula is C16H17BrN4O2. The van der Waals surface area contributed by atoms with E-state index in [2.05, 4.69) is 26.1 Å². The normalized spacial score (nSPS) is 26.5. The maximum absolute atomic E-state index is 12.8. The van der Waals surface area contributed by atoms with Gasteiger partial charge in [-0.25, -0.2) is 0 Å². The molecular weight excluding hydrogens is 360 g/mol. The van der Waals surface area contributed by atoms with Crippen molar-refractivity contribution in [3.05, 3.63) is 40.5 Å². The number of aromatic nitrogens is 2. The van der Waals surface area contributed by atoms with Gasteiger partial charge in [-0.3, -0.25) is 9.89 Å².